The van der Waals surface area contributed by atoms with Gasteiger partial charge in [-0.2, -0.15) is 13.2 Å². The van der Waals surface area contributed by atoms with E-state index in [-0.39, 0.29) is 11.4 Å². The van der Waals surface area contributed by atoms with E-state index in [4.69, 9.17) is 11.6 Å². The molecule has 2 aromatic rings. The zero-order valence-corrected chi connectivity index (χ0v) is 9.05. The van der Waals surface area contributed by atoms with Gasteiger partial charge in [0, 0.05) is 12.4 Å². The molecule has 0 N–H and O–H groups in total. The zero-order valence-electron chi connectivity index (χ0n) is 8.29. The lowest BCUT2D eigenvalue weighted by Gasteiger charge is -2.12. The number of nitrogens with zero attached hydrogens (tertiary/aromatic N) is 2. The van der Waals surface area contributed by atoms with Gasteiger partial charge in [0.1, 0.15) is 11.3 Å². The summed E-state index contributed by atoms with van der Waals surface area (Å²) in [5.74, 6) is 0. The van der Waals surface area contributed by atoms with Crippen LogP contribution in [0.2, 0.25) is 5.02 Å². The summed E-state index contributed by atoms with van der Waals surface area (Å²) in [7, 11) is 0. The number of aromatic nitrogens is 2. The van der Waals surface area contributed by atoms with Crippen LogP contribution in [0.15, 0.2) is 30.6 Å². The van der Waals surface area contributed by atoms with Gasteiger partial charge in [-0.15, -0.1) is 0 Å². The first-order valence-electron chi connectivity index (χ1n) is 4.54. The zero-order chi connectivity index (χ0) is 12.5. The number of halogens is 4. The fraction of sp³-hybridized carbons (Fsp3) is 0.0909. The highest BCUT2D eigenvalue weighted by molar-refractivity contribution is 6.31. The Hall–Kier alpha value is -1.62. The van der Waals surface area contributed by atoms with E-state index in [2.05, 4.69) is 16.0 Å². The first-order valence-corrected chi connectivity index (χ1v) is 4.92. The molecule has 2 heterocycles. The predicted molar refractivity (Wildman–Crippen MR) is 56.3 cm³/mol. The lowest BCUT2D eigenvalue weighted by molar-refractivity contribution is -0.137. The minimum atomic E-state index is -4.57. The fourth-order valence-corrected chi connectivity index (χ4v) is 1.61. The second-order valence-electron chi connectivity index (χ2n) is 3.16. The first kappa shape index (κ1) is 11.9. The maximum atomic E-state index is 12.8. The van der Waals surface area contributed by atoms with Gasteiger partial charge in [0.25, 0.3) is 0 Å². The van der Waals surface area contributed by atoms with Crippen molar-refractivity contribution in [3.8, 4) is 11.4 Å². The molecule has 2 aromatic heterocycles. The summed E-state index contributed by atoms with van der Waals surface area (Å²) in [4.78, 5) is 7.50. The highest BCUT2D eigenvalue weighted by Gasteiger charge is 2.37. The SMILES string of the molecule is FC(F)(F)c1c(Cl)ccnc1-c1c[c]ccn1. The van der Waals surface area contributed by atoms with Crippen LogP contribution >= 0.6 is 11.6 Å². The van der Waals surface area contributed by atoms with Crippen molar-refractivity contribution in [3.63, 3.8) is 0 Å². The van der Waals surface area contributed by atoms with Crippen LogP contribution in [0, 0.1) is 6.07 Å². The van der Waals surface area contributed by atoms with Gasteiger partial charge in [0.05, 0.1) is 10.7 Å². The lowest BCUT2D eigenvalue weighted by Crippen LogP contribution is -2.09. The van der Waals surface area contributed by atoms with Crippen molar-refractivity contribution in [3.05, 3.63) is 47.2 Å². The Morgan fingerprint density at radius 2 is 1.94 bits per heavy atom. The average molecular weight is 258 g/mol. The van der Waals surface area contributed by atoms with Crippen molar-refractivity contribution in [2.45, 2.75) is 6.18 Å². The molecule has 0 saturated carbocycles. The van der Waals surface area contributed by atoms with Gasteiger partial charge in [-0.25, -0.2) is 0 Å². The Morgan fingerprint density at radius 1 is 1.18 bits per heavy atom. The summed E-state index contributed by atoms with van der Waals surface area (Å²) >= 11 is 5.57. The maximum absolute atomic E-state index is 12.8. The lowest BCUT2D eigenvalue weighted by atomic mass is 10.1. The molecule has 0 fully saturated rings. The fourth-order valence-electron chi connectivity index (χ4n) is 1.36. The van der Waals surface area contributed by atoms with Crippen molar-refractivity contribution in [1.82, 2.24) is 9.97 Å². The van der Waals surface area contributed by atoms with Gasteiger partial charge in [-0.3, -0.25) is 9.97 Å². The molecule has 87 valence electrons. The highest BCUT2D eigenvalue weighted by atomic mass is 35.5. The Balaban J connectivity index is 2.67. The molecule has 0 aliphatic rings. The number of rotatable bonds is 1. The Kier molecular flexibility index (Phi) is 3.02. The minimum absolute atomic E-state index is 0.0855. The topological polar surface area (TPSA) is 25.8 Å². The molecule has 0 atom stereocenters. The summed E-state index contributed by atoms with van der Waals surface area (Å²) in [6.45, 7) is 0. The molecule has 0 saturated heterocycles. The van der Waals surface area contributed by atoms with Gasteiger partial charge in [0.2, 0.25) is 0 Å². The molecule has 0 bridgehead atoms. The molecule has 0 spiro atoms. The third-order valence-corrected chi connectivity index (χ3v) is 2.35. The van der Waals surface area contributed by atoms with Crippen molar-refractivity contribution in [2.24, 2.45) is 0 Å². The van der Waals surface area contributed by atoms with Crippen LogP contribution < -0.4 is 0 Å². The molecule has 17 heavy (non-hydrogen) atoms. The number of alkyl halides is 3. The Labute approximate surface area is 100 Å². The van der Waals surface area contributed by atoms with Crippen LogP contribution in [-0.4, -0.2) is 9.97 Å². The molecular formula is C11H5ClF3N2. The molecule has 0 aromatic carbocycles. The third-order valence-electron chi connectivity index (χ3n) is 2.03. The molecule has 0 amide bonds. The van der Waals surface area contributed by atoms with Crippen LogP contribution in [0.5, 0.6) is 0 Å². The van der Waals surface area contributed by atoms with Crippen LogP contribution in [-0.2, 0) is 6.18 Å². The van der Waals surface area contributed by atoms with E-state index in [0.29, 0.717) is 0 Å². The van der Waals surface area contributed by atoms with Crippen LogP contribution in [0.25, 0.3) is 11.4 Å². The molecule has 0 unspecified atom stereocenters. The molecule has 6 heteroatoms. The molecule has 1 radical (unpaired) electrons. The van der Waals surface area contributed by atoms with E-state index in [1.54, 1.807) is 0 Å². The van der Waals surface area contributed by atoms with Crippen molar-refractivity contribution in [2.75, 3.05) is 0 Å². The molecular weight excluding hydrogens is 253 g/mol. The van der Waals surface area contributed by atoms with Crippen molar-refractivity contribution < 1.29 is 13.2 Å². The normalized spacial score (nSPS) is 11.5. The van der Waals surface area contributed by atoms with E-state index in [1.165, 1.54) is 24.5 Å². The third kappa shape index (κ3) is 2.39. The van der Waals surface area contributed by atoms with Gasteiger partial charge in [0.15, 0.2) is 0 Å². The Bertz CT molecular complexity index is 526. The highest BCUT2D eigenvalue weighted by Crippen LogP contribution is 2.39. The summed E-state index contributed by atoms with van der Waals surface area (Å²) in [5, 5.41) is -0.395. The quantitative estimate of drug-likeness (QED) is 0.780. The molecule has 0 aliphatic carbocycles. The van der Waals surface area contributed by atoms with E-state index in [1.807, 2.05) is 0 Å². The molecule has 0 aliphatic heterocycles. The maximum Gasteiger partial charge on any atom is 0.420 e. The average Bonchev–Trinajstić information content (AvgIpc) is 2.28. The second kappa shape index (κ2) is 4.33. The van der Waals surface area contributed by atoms with Gasteiger partial charge in [-0.1, -0.05) is 11.6 Å². The van der Waals surface area contributed by atoms with E-state index >= 15 is 0 Å². The van der Waals surface area contributed by atoms with Gasteiger partial charge in [-0.05, 0) is 24.3 Å². The van der Waals surface area contributed by atoms with E-state index in [0.717, 1.165) is 6.07 Å². The van der Waals surface area contributed by atoms with Gasteiger partial charge < -0.3 is 0 Å². The molecule has 2 nitrogen and oxygen atoms in total. The first-order chi connectivity index (χ1) is 8.00. The van der Waals surface area contributed by atoms with Crippen molar-refractivity contribution >= 4 is 11.6 Å². The minimum Gasteiger partial charge on any atom is -0.255 e. The van der Waals surface area contributed by atoms with E-state index in [9.17, 15) is 13.2 Å². The smallest absolute Gasteiger partial charge is 0.255 e. The van der Waals surface area contributed by atoms with Crippen molar-refractivity contribution in [1.29, 1.82) is 0 Å². The van der Waals surface area contributed by atoms with E-state index < -0.39 is 16.8 Å². The standard InChI is InChI=1S/C11H5ClF3N2/c12-7-4-6-17-10(9(7)11(13,14)15)8-3-1-2-5-16-8/h2-6H. The predicted octanol–water partition coefficient (Wildman–Crippen LogP) is 3.62. The summed E-state index contributed by atoms with van der Waals surface area (Å²) < 4.78 is 38.5. The number of hydrogen-bond donors (Lipinski definition) is 0. The summed E-state index contributed by atoms with van der Waals surface area (Å²) in [6.07, 6.45) is -2.02. The van der Waals surface area contributed by atoms with Crippen LogP contribution in [0.1, 0.15) is 5.56 Å². The van der Waals surface area contributed by atoms with Gasteiger partial charge >= 0.3 is 6.18 Å². The molecule has 2 rings (SSSR count). The number of pyridine rings is 2. The van der Waals surface area contributed by atoms with Crippen LogP contribution in [0.4, 0.5) is 13.2 Å². The second-order valence-corrected chi connectivity index (χ2v) is 3.56. The summed E-state index contributed by atoms with van der Waals surface area (Å²) in [5.41, 5.74) is -1.18. The largest absolute Gasteiger partial charge is 0.420 e. The Morgan fingerprint density at radius 3 is 2.53 bits per heavy atom. The number of hydrogen-bond acceptors (Lipinski definition) is 2. The monoisotopic (exact) mass is 257 g/mol. The summed E-state index contributed by atoms with van der Waals surface area (Å²) in [6, 6.07) is 6.56. The van der Waals surface area contributed by atoms with Crippen LogP contribution in [0.3, 0.4) is 0 Å².